The van der Waals surface area contributed by atoms with Crippen LogP contribution in [0.2, 0.25) is 0 Å². The minimum Gasteiger partial charge on any atom is -0.426 e. The summed E-state index contributed by atoms with van der Waals surface area (Å²) in [5.74, 6) is 1.89. The van der Waals surface area contributed by atoms with Gasteiger partial charge in [0, 0.05) is 18.1 Å². The lowest BCUT2D eigenvalue weighted by molar-refractivity contribution is -0.141. The molecule has 0 spiro atoms. The molecule has 0 aromatic heterocycles. The second kappa shape index (κ2) is 8.27. The highest BCUT2D eigenvalue weighted by molar-refractivity contribution is 8.19. The Balaban J connectivity index is 1.29. The highest BCUT2D eigenvalue weighted by atomic mass is 32.2. The largest absolute Gasteiger partial charge is 0.426 e. The first-order chi connectivity index (χ1) is 13.1. The molecule has 3 fully saturated rings. The number of imide groups is 1. The van der Waals surface area contributed by atoms with E-state index in [2.05, 4.69) is 0 Å². The lowest BCUT2D eigenvalue weighted by Crippen LogP contribution is -2.33. The molecule has 1 aromatic carbocycles. The van der Waals surface area contributed by atoms with E-state index in [4.69, 9.17) is 4.74 Å². The van der Waals surface area contributed by atoms with E-state index >= 15 is 0 Å². The van der Waals surface area contributed by atoms with E-state index in [0.717, 1.165) is 25.7 Å². The Kier molecular flexibility index (Phi) is 5.78. The lowest BCUT2D eigenvalue weighted by Gasteiger charge is -2.19. The number of rotatable bonds is 5. The summed E-state index contributed by atoms with van der Waals surface area (Å²) in [4.78, 5) is 38.3. The summed E-state index contributed by atoms with van der Waals surface area (Å²) in [6, 6.07) is 7.62. The summed E-state index contributed by atoms with van der Waals surface area (Å²) in [6.07, 6.45) is 3.63. The van der Waals surface area contributed by atoms with Crippen LogP contribution in [0.25, 0.3) is 0 Å². The fourth-order valence-electron chi connectivity index (χ4n) is 4.08. The van der Waals surface area contributed by atoms with Gasteiger partial charge in [-0.25, -0.2) is 0 Å². The van der Waals surface area contributed by atoms with Gasteiger partial charge < -0.3 is 4.74 Å². The van der Waals surface area contributed by atoms with Crippen LogP contribution in [0.5, 0.6) is 5.75 Å². The van der Waals surface area contributed by atoms with Crippen molar-refractivity contribution in [2.75, 3.05) is 18.1 Å². The number of hydrogen-bond acceptors (Lipinski definition) is 6. The van der Waals surface area contributed by atoms with Gasteiger partial charge in [0.15, 0.2) is 0 Å². The van der Waals surface area contributed by atoms with E-state index < -0.39 is 5.97 Å². The fraction of sp³-hybridized carbons (Fsp3) is 0.550. The maximum absolute atomic E-state index is 12.4. The van der Waals surface area contributed by atoms with Gasteiger partial charge in [0.1, 0.15) is 5.75 Å². The van der Waals surface area contributed by atoms with E-state index in [1.165, 1.54) is 22.0 Å². The summed E-state index contributed by atoms with van der Waals surface area (Å²) in [6.45, 7) is 0.122. The Labute approximate surface area is 167 Å². The molecule has 5 nitrogen and oxygen atoms in total. The summed E-state index contributed by atoms with van der Waals surface area (Å²) in [7, 11) is 0. The van der Waals surface area contributed by atoms with Crippen LogP contribution in [0.1, 0.15) is 42.2 Å². The summed E-state index contributed by atoms with van der Waals surface area (Å²) in [5.41, 5.74) is 1.23. The van der Waals surface area contributed by atoms with Crippen molar-refractivity contribution in [3.8, 4) is 5.75 Å². The van der Waals surface area contributed by atoms with Crippen LogP contribution in [0.3, 0.4) is 0 Å². The molecule has 27 heavy (non-hydrogen) atoms. The maximum atomic E-state index is 12.4. The number of ether oxygens (including phenoxy) is 1. The van der Waals surface area contributed by atoms with Crippen molar-refractivity contribution in [2.45, 2.75) is 36.7 Å². The fourth-order valence-corrected chi connectivity index (χ4v) is 6.94. The van der Waals surface area contributed by atoms with Crippen molar-refractivity contribution in [1.29, 1.82) is 0 Å². The molecule has 1 aliphatic carbocycles. The molecule has 0 radical (unpaired) electrons. The number of carbonyl (C=O) groups excluding carboxylic acids is 3. The van der Waals surface area contributed by atoms with Gasteiger partial charge in [0.2, 0.25) is 11.8 Å². The first kappa shape index (κ1) is 18.9. The number of likely N-dealkylation sites (tertiary alicyclic amines) is 1. The maximum Gasteiger partial charge on any atom is 0.312 e. The molecule has 1 aromatic rings. The SMILES string of the molecule is O=C(CCN1C(=O)[C@@H]2CCCC[C@H]2C1=O)Oc1ccc(C2SCCS2)cc1. The highest BCUT2D eigenvalue weighted by Gasteiger charge is 2.47. The second-order valence-electron chi connectivity index (χ2n) is 7.19. The van der Waals surface area contributed by atoms with Crippen molar-refractivity contribution < 1.29 is 19.1 Å². The molecule has 7 heteroatoms. The van der Waals surface area contributed by atoms with Crippen molar-refractivity contribution >= 4 is 41.3 Å². The Hall–Kier alpha value is -1.47. The third-order valence-electron chi connectivity index (χ3n) is 5.48. The minimum atomic E-state index is -0.414. The molecule has 4 rings (SSSR count). The van der Waals surface area contributed by atoms with Gasteiger partial charge in [-0.05, 0) is 30.5 Å². The molecule has 0 N–H and O–H groups in total. The van der Waals surface area contributed by atoms with Crippen LogP contribution >= 0.6 is 23.5 Å². The molecular formula is C20H23NO4S2. The van der Waals surface area contributed by atoms with Crippen LogP contribution in [0.4, 0.5) is 0 Å². The number of esters is 1. The van der Waals surface area contributed by atoms with E-state index in [0.29, 0.717) is 10.3 Å². The van der Waals surface area contributed by atoms with Crippen LogP contribution in [-0.4, -0.2) is 40.7 Å². The van der Waals surface area contributed by atoms with Gasteiger partial charge in [-0.1, -0.05) is 25.0 Å². The predicted octanol–water partition coefficient (Wildman–Crippen LogP) is 3.64. The molecule has 2 aliphatic heterocycles. The number of carbonyl (C=O) groups is 3. The number of thioether (sulfide) groups is 2. The van der Waals surface area contributed by atoms with Crippen molar-refractivity contribution in [3.63, 3.8) is 0 Å². The van der Waals surface area contributed by atoms with Gasteiger partial charge in [-0.15, -0.1) is 23.5 Å². The average molecular weight is 406 g/mol. The predicted molar refractivity (Wildman–Crippen MR) is 107 cm³/mol. The number of amides is 2. The zero-order chi connectivity index (χ0) is 18.8. The van der Waals surface area contributed by atoms with Gasteiger partial charge >= 0.3 is 5.97 Å². The summed E-state index contributed by atoms with van der Waals surface area (Å²) < 4.78 is 5.84. The quantitative estimate of drug-likeness (QED) is 0.423. The zero-order valence-corrected chi connectivity index (χ0v) is 16.7. The van der Waals surface area contributed by atoms with Crippen LogP contribution < -0.4 is 4.74 Å². The monoisotopic (exact) mass is 405 g/mol. The van der Waals surface area contributed by atoms with Crippen LogP contribution in [0.15, 0.2) is 24.3 Å². The average Bonchev–Trinajstić information content (AvgIpc) is 3.30. The Morgan fingerprint density at radius 2 is 1.59 bits per heavy atom. The molecule has 2 atom stereocenters. The number of hydrogen-bond donors (Lipinski definition) is 0. The molecule has 2 heterocycles. The molecule has 1 saturated carbocycles. The second-order valence-corrected chi connectivity index (χ2v) is 9.92. The molecule has 2 amide bonds. The first-order valence-corrected chi connectivity index (χ1v) is 11.6. The zero-order valence-electron chi connectivity index (χ0n) is 15.1. The van der Waals surface area contributed by atoms with E-state index in [1.807, 2.05) is 47.8 Å². The standard InChI is InChI=1S/C20H23NO4S2/c22-17(25-14-7-5-13(6-8-14)20-26-11-12-27-20)9-10-21-18(23)15-3-1-2-4-16(15)19(21)24/h5-8,15-16,20H,1-4,9-12H2/t15-,16-/m1/s1. The van der Waals surface area contributed by atoms with Crippen LogP contribution in [-0.2, 0) is 14.4 Å². The third-order valence-corrected chi connectivity index (χ3v) is 8.58. The van der Waals surface area contributed by atoms with Gasteiger partial charge in [0.25, 0.3) is 0 Å². The number of benzene rings is 1. The van der Waals surface area contributed by atoms with Crippen molar-refractivity contribution in [3.05, 3.63) is 29.8 Å². The highest BCUT2D eigenvalue weighted by Crippen LogP contribution is 2.45. The van der Waals surface area contributed by atoms with Gasteiger partial charge in [-0.3, -0.25) is 19.3 Å². The summed E-state index contributed by atoms with van der Waals surface area (Å²) in [5, 5.41) is 0. The van der Waals surface area contributed by atoms with Crippen molar-refractivity contribution in [2.24, 2.45) is 11.8 Å². The molecule has 0 unspecified atom stereocenters. The topological polar surface area (TPSA) is 63.7 Å². The molecule has 144 valence electrons. The number of fused-ring (bicyclic) bond motifs is 1. The van der Waals surface area contributed by atoms with E-state index in [1.54, 1.807) is 0 Å². The number of nitrogens with zero attached hydrogens (tertiary/aromatic N) is 1. The Morgan fingerprint density at radius 3 is 2.19 bits per heavy atom. The molecular weight excluding hydrogens is 382 g/mol. The lowest BCUT2D eigenvalue weighted by atomic mass is 9.81. The summed E-state index contributed by atoms with van der Waals surface area (Å²) >= 11 is 3.86. The molecule has 3 aliphatic rings. The first-order valence-electron chi connectivity index (χ1n) is 9.52. The van der Waals surface area contributed by atoms with E-state index in [9.17, 15) is 14.4 Å². The Bertz CT molecular complexity index is 706. The molecule has 0 bridgehead atoms. The normalized spacial score (nSPS) is 25.7. The third kappa shape index (κ3) is 4.04. The van der Waals surface area contributed by atoms with Crippen molar-refractivity contribution in [1.82, 2.24) is 4.90 Å². The van der Waals surface area contributed by atoms with Gasteiger partial charge in [-0.2, -0.15) is 0 Å². The minimum absolute atomic E-state index is 0.0347. The smallest absolute Gasteiger partial charge is 0.312 e. The molecule has 2 saturated heterocycles. The van der Waals surface area contributed by atoms with E-state index in [-0.39, 0.29) is 36.6 Å². The van der Waals surface area contributed by atoms with Gasteiger partial charge in [0.05, 0.1) is 22.8 Å². The Morgan fingerprint density at radius 1 is 1.00 bits per heavy atom. The van der Waals surface area contributed by atoms with Crippen LogP contribution in [0, 0.1) is 11.8 Å².